The highest BCUT2D eigenvalue weighted by Crippen LogP contribution is 2.41. The minimum atomic E-state index is -0.799. The van der Waals surface area contributed by atoms with E-state index in [1.165, 1.54) is 13.2 Å². The summed E-state index contributed by atoms with van der Waals surface area (Å²) in [5.41, 5.74) is 0.668. The molecular weight excluding hydrogens is 312 g/mol. The number of likely N-dealkylation sites (tertiary alicyclic amines) is 1. The van der Waals surface area contributed by atoms with E-state index in [1.807, 2.05) is 4.90 Å². The Morgan fingerprint density at radius 1 is 1.42 bits per heavy atom. The molecule has 1 aromatic carbocycles. The summed E-state index contributed by atoms with van der Waals surface area (Å²) >= 11 is 0. The Bertz CT molecular complexity index is 648. The number of nitro benzene ring substituents is 1. The lowest BCUT2D eigenvalue weighted by molar-refractivity contribution is -0.385. The molecule has 130 valence electrons. The summed E-state index contributed by atoms with van der Waals surface area (Å²) in [4.78, 5) is 24.4. The van der Waals surface area contributed by atoms with Crippen LogP contribution in [0.3, 0.4) is 0 Å². The Balaban J connectivity index is 1.86. The molecule has 1 aliphatic carbocycles. The van der Waals surface area contributed by atoms with Gasteiger partial charge in [0.05, 0.1) is 12.0 Å². The van der Waals surface area contributed by atoms with Crippen LogP contribution in [0, 0.1) is 16.0 Å². The van der Waals surface area contributed by atoms with Gasteiger partial charge in [-0.1, -0.05) is 18.9 Å². The van der Waals surface area contributed by atoms with Crippen LogP contribution in [0.15, 0.2) is 18.2 Å². The molecule has 0 radical (unpaired) electrons. The first-order chi connectivity index (χ1) is 11.5. The summed E-state index contributed by atoms with van der Waals surface area (Å²) in [5, 5.41) is 20.8. The summed E-state index contributed by atoms with van der Waals surface area (Å²) in [6.45, 7) is 0.420. The molecule has 1 saturated heterocycles. The van der Waals surface area contributed by atoms with Gasteiger partial charge in [0.25, 0.3) is 0 Å². The number of rotatable bonds is 5. The van der Waals surface area contributed by atoms with Crippen molar-refractivity contribution >= 4 is 11.7 Å². The van der Waals surface area contributed by atoms with Gasteiger partial charge >= 0.3 is 11.7 Å². The minimum Gasteiger partial charge on any atom is -0.490 e. The van der Waals surface area contributed by atoms with Crippen molar-refractivity contribution in [2.75, 3.05) is 7.11 Å². The molecule has 3 rings (SSSR count). The van der Waals surface area contributed by atoms with E-state index in [9.17, 15) is 20.0 Å². The minimum absolute atomic E-state index is 0.0822. The molecule has 0 bridgehead atoms. The number of carbonyl (C=O) groups is 1. The van der Waals surface area contributed by atoms with Crippen molar-refractivity contribution in [1.82, 2.24) is 4.90 Å². The predicted molar refractivity (Wildman–Crippen MR) is 87.0 cm³/mol. The highest BCUT2D eigenvalue weighted by molar-refractivity contribution is 5.74. The van der Waals surface area contributed by atoms with E-state index in [2.05, 4.69) is 0 Å². The largest absolute Gasteiger partial charge is 0.490 e. The maximum atomic E-state index is 11.7. The molecule has 0 spiro atoms. The molecule has 7 heteroatoms. The average Bonchev–Trinajstić information content (AvgIpc) is 2.94. The number of aliphatic carboxylic acids is 1. The number of ether oxygens (including phenoxy) is 1. The average molecular weight is 334 g/mol. The van der Waals surface area contributed by atoms with Gasteiger partial charge in [0, 0.05) is 18.7 Å². The molecule has 1 aliphatic heterocycles. The second-order valence-electron chi connectivity index (χ2n) is 6.64. The number of nitrogens with zero attached hydrogens (tertiary/aromatic N) is 2. The van der Waals surface area contributed by atoms with Gasteiger partial charge in [-0.15, -0.1) is 0 Å². The topological polar surface area (TPSA) is 92.9 Å². The molecule has 2 aliphatic rings. The Hall–Kier alpha value is -2.15. The fraction of sp³-hybridized carbons (Fsp3) is 0.588. The standard InChI is InChI=1S/C17H22N2O5/c1-24-16-7-6-11(8-14(16)19(22)23)10-18-13-5-3-2-4-12(13)9-15(18)17(20)21/h6-8,12-13,15H,2-5,9-10H2,1H3,(H,20,21). The zero-order valence-electron chi connectivity index (χ0n) is 13.7. The van der Waals surface area contributed by atoms with E-state index in [-0.39, 0.29) is 17.5 Å². The van der Waals surface area contributed by atoms with E-state index in [1.54, 1.807) is 12.1 Å². The highest BCUT2D eigenvalue weighted by atomic mass is 16.6. The van der Waals surface area contributed by atoms with Crippen molar-refractivity contribution in [2.24, 2.45) is 5.92 Å². The van der Waals surface area contributed by atoms with Crippen LogP contribution in [0.4, 0.5) is 5.69 Å². The molecule has 0 amide bonds. The van der Waals surface area contributed by atoms with Crippen LogP contribution in [0.1, 0.15) is 37.7 Å². The zero-order chi connectivity index (χ0) is 17.3. The van der Waals surface area contributed by atoms with Gasteiger partial charge in [0.1, 0.15) is 6.04 Å². The van der Waals surface area contributed by atoms with E-state index < -0.39 is 16.9 Å². The quantitative estimate of drug-likeness (QED) is 0.657. The van der Waals surface area contributed by atoms with Gasteiger partial charge in [0.15, 0.2) is 5.75 Å². The zero-order valence-corrected chi connectivity index (χ0v) is 13.7. The summed E-state index contributed by atoms with van der Waals surface area (Å²) in [5.74, 6) is -0.156. The van der Waals surface area contributed by atoms with Crippen molar-refractivity contribution in [3.8, 4) is 5.75 Å². The lowest BCUT2D eigenvalue weighted by Gasteiger charge is -2.33. The summed E-state index contributed by atoms with van der Waals surface area (Å²) < 4.78 is 5.03. The second-order valence-corrected chi connectivity index (χ2v) is 6.64. The van der Waals surface area contributed by atoms with Gasteiger partial charge in [-0.2, -0.15) is 0 Å². The first-order valence-electron chi connectivity index (χ1n) is 8.31. The van der Waals surface area contributed by atoms with Gasteiger partial charge in [-0.3, -0.25) is 19.8 Å². The number of carboxylic acid groups (broad SMARTS) is 1. The van der Waals surface area contributed by atoms with Crippen molar-refractivity contribution in [2.45, 2.75) is 50.7 Å². The normalized spacial score (nSPS) is 26.8. The summed E-state index contributed by atoms with van der Waals surface area (Å²) in [6, 6.07) is 4.62. The smallest absolute Gasteiger partial charge is 0.320 e. The van der Waals surface area contributed by atoms with Crippen molar-refractivity contribution in [1.29, 1.82) is 0 Å². The van der Waals surface area contributed by atoms with Crippen molar-refractivity contribution in [3.05, 3.63) is 33.9 Å². The van der Waals surface area contributed by atoms with Crippen LogP contribution in [0.25, 0.3) is 0 Å². The van der Waals surface area contributed by atoms with Crippen LogP contribution in [-0.4, -0.2) is 40.1 Å². The maximum Gasteiger partial charge on any atom is 0.320 e. The molecule has 2 fully saturated rings. The van der Waals surface area contributed by atoms with Gasteiger partial charge in [-0.05, 0) is 36.8 Å². The summed E-state index contributed by atoms with van der Waals surface area (Å²) in [6.07, 6.45) is 5.04. The van der Waals surface area contributed by atoms with E-state index >= 15 is 0 Å². The van der Waals surface area contributed by atoms with E-state index in [0.717, 1.165) is 31.2 Å². The Morgan fingerprint density at radius 2 is 2.17 bits per heavy atom. The number of benzene rings is 1. The van der Waals surface area contributed by atoms with Crippen LogP contribution in [0.2, 0.25) is 0 Å². The number of hydrogen-bond acceptors (Lipinski definition) is 5. The molecular formula is C17H22N2O5. The van der Waals surface area contributed by atoms with Crippen LogP contribution in [0.5, 0.6) is 5.75 Å². The molecule has 3 atom stereocenters. The molecule has 7 nitrogen and oxygen atoms in total. The fourth-order valence-corrected chi connectivity index (χ4v) is 4.21. The Kier molecular flexibility index (Phi) is 4.71. The third-order valence-corrected chi connectivity index (χ3v) is 5.31. The maximum absolute atomic E-state index is 11.7. The number of carboxylic acids is 1. The second kappa shape index (κ2) is 6.76. The number of nitro groups is 1. The van der Waals surface area contributed by atoms with Gasteiger partial charge < -0.3 is 9.84 Å². The fourth-order valence-electron chi connectivity index (χ4n) is 4.21. The third-order valence-electron chi connectivity index (χ3n) is 5.31. The molecule has 3 unspecified atom stereocenters. The molecule has 1 N–H and O–H groups in total. The first kappa shape index (κ1) is 16.7. The monoisotopic (exact) mass is 334 g/mol. The van der Waals surface area contributed by atoms with Gasteiger partial charge in [0.2, 0.25) is 0 Å². The van der Waals surface area contributed by atoms with E-state index in [4.69, 9.17) is 4.74 Å². The lowest BCUT2D eigenvalue weighted by atomic mass is 9.84. The number of methoxy groups -OCH3 is 1. The molecule has 1 saturated carbocycles. The van der Waals surface area contributed by atoms with Crippen molar-refractivity contribution in [3.63, 3.8) is 0 Å². The van der Waals surface area contributed by atoms with Crippen LogP contribution in [-0.2, 0) is 11.3 Å². The first-order valence-corrected chi connectivity index (χ1v) is 8.31. The van der Waals surface area contributed by atoms with Crippen LogP contribution >= 0.6 is 0 Å². The predicted octanol–water partition coefficient (Wildman–Crippen LogP) is 2.82. The molecule has 1 heterocycles. The van der Waals surface area contributed by atoms with Crippen molar-refractivity contribution < 1.29 is 19.6 Å². The third kappa shape index (κ3) is 3.08. The van der Waals surface area contributed by atoms with E-state index in [0.29, 0.717) is 18.9 Å². The molecule has 0 aromatic heterocycles. The summed E-state index contributed by atoms with van der Waals surface area (Å²) in [7, 11) is 1.40. The lowest BCUT2D eigenvalue weighted by Crippen LogP contribution is -2.41. The Morgan fingerprint density at radius 3 is 2.83 bits per heavy atom. The highest BCUT2D eigenvalue weighted by Gasteiger charge is 2.45. The molecule has 24 heavy (non-hydrogen) atoms. The number of fused-ring (bicyclic) bond motifs is 1. The van der Waals surface area contributed by atoms with Crippen LogP contribution < -0.4 is 4.74 Å². The van der Waals surface area contributed by atoms with Gasteiger partial charge in [-0.25, -0.2) is 0 Å². The molecule has 1 aromatic rings. The number of hydrogen-bond donors (Lipinski definition) is 1. The SMILES string of the molecule is COc1ccc(CN2C(C(=O)O)CC3CCCCC32)cc1[N+](=O)[O-]. The Labute approximate surface area is 140 Å².